The van der Waals surface area contributed by atoms with Gasteiger partial charge in [0, 0.05) is 12.2 Å². The van der Waals surface area contributed by atoms with Crippen LogP contribution in [0.4, 0.5) is 11.4 Å². The topological polar surface area (TPSA) is 68.7 Å². The fourth-order valence-corrected chi connectivity index (χ4v) is 4.86. The number of para-hydroxylation sites is 2. The molecule has 2 N–H and O–H groups in total. The van der Waals surface area contributed by atoms with Crippen LogP contribution in [0.3, 0.4) is 0 Å². The van der Waals surface area contributed by atoms with Crippen molar-refractivity contribution in [2.24, 2.45) is 0 Å². The average Bonchev–Trinajstić information content (AvgIpc) is 2.77. The average molecular weight is 584 g/mol. The molecular formula is C34H56N2NiO2. The zero-order valence-electron chi connectivity index (χ0n) is 26.6. The zero-order valence-corrected chi connectivity index (χ0v) is 27.6. The summed E-state index contributed by atoms with van der Waals surface area (Å²) in [6, 6.07) is 13.2. The van der Waals surface area contributed by atoms with Crippen LogP contribution in [-0.2, 0) is 16.5 Å². The smallest absolute Gasteiger partial charge is 0.681 e. The van der Waals surface area contributed by atoms with E-state index < -0.39 is 0 Å². The summed E-state index contributed by atoms with van der Waals surface area (Å²) in [7, 11) is 0. The maximum atomic E-state index is 9.50. The molecule has 224 valence electrons. The van der Waals surface area contributed by atoms with Gasteiger partial charge in [-0.1, -0.05) is 128 Å². The van der Waals surface area contributed by atoms with Gasteiger partial charge in [-0.25, -0.2) is 0 Å². The Bertz CT molecular complexity index is 824. The van der Waals surface area contributed by atoms with E-state index in [1.165, 1.54) is 22.3 Å². The summed E-state index contributed by atoms with van der Waals surface area (Å²) < 4.78 is 0. The maximum Gasteiger partial charge on any atom is 2.00 e. The first-order chi connectivity index (χ1) is 17.6. The van der Waals surface area contributed by atoms with Crippen LogP contribution in [0.15, 0.2) is 36.4 Å². The fraction of sp³-hybridized carbons (Fsp3) is 0.647. The van der Waals surface area contributed by atoms with Crippen molar-refractivity contribution in [2.75, 3.05) is 0 Å². The van der Waals surface area contributed by atoms with Gasteiger partial charge in [-0.3, -0.25) is 0 Å². The van der Waals surface area contributed by atoms with E-state index in [1.54, 1.807) is 0 Å². The number of aliphatic hydroxyl groups is 2. The quantitative estimate of drug-likeness (QED) is 0.244. The first-order valence-corrected chi connectivity index (χ1v) is 14.7. The number of rotatable bonds is 12. The minimum absolute atomic E-state index is 0. The summed E-state index contributed by atoms with van der Waals surface area (Å²) in [5.74, 6) is 1.87. The summed E-state index contributed by atoms with van der Waals surface area (Å²) >= 11 is 0. The van der Waals surface area contributed by atoms with Gasteiger partial charge in [0.05, 0.1) is 0 Å². The molecule has 2 aromatic rings. The van der Waals surface area contributed by atoms with Crippen molar-refractivity contribution in [1.82, 2.24) is 0 Å². The van der Waals surface area contributed by atoms with E-state index in [4.69, 9.17) is 10.6 Å². The van der Waals surface area contributed by atoms with Crippen LogP contribution in [0.25, 0.3) is 10.6 Å². The molecule has 5 heteroatoms. The molecular weight excluding hydrogens is 527 g/mol. The molecule has 0 aromatic heterocycles. The summed E-state index contributed by atoms with van der Waals surface area (Å²) in [5.41, 5.74) is 7.51. The van der Waals surface area contributed by atoms with Crippen LogP contribution in [0, 0.1) is 0 Å². The first-order valence-electron chi connectivity index (χ1n) is 14.7. The zero-order chi connectivity index (χ0) is 29.2. The predicted octanol–water partition coefficient (Wildman–Crippen LogP) is 10.2. The second kappa shape index (κ2) is 18.0. The SMILES string of the molecule is CC(O)CC(C)[N-]c1c(C(C)C)cccc1C(C)C.CC(O)CC(C)[N-]c1c(C(C)C)cccc1C(C)C.[Ni+2]. The van der Waals surface area contributed by atoms with E-state index in [-0.39, 0.29) is 40.8 Å². The Kier molecular flexibility index (Phi) is 17.3. The van der Waals surface area contributed by atoms with Crippen LogP contribution in [0.2, 0.25) is 0 Å². The minimum atomic E-state index is -0.299. The van der Waals surface area contributed by atoms with E-state index in [0.717, 1.165) is 11.4 Å². The van der Waals surface area contributed by atoms with Crippen LogP contribution in [0.5, 0.6) is 0 Å². The molecule has 4 unspecified atom stereocenters. The number of hydrogen-bond donors (Lipinski definition) is 2. The maximum absolute atomic E-state index is 9.50. The van der Waals surface area contributed by atoms with Gasteiger partial charge in [-0.05, 0) is 50.4 Å². The van der Waals surface area contributed by atoms with Crippen molar-refractivity contribution in [3.63, 3.8) is 0 Å². The Labute approximate surface area is 250 Å². The Balaban J connectivity index is 0.000000722. The molecule has 4 atom stereocenters. The van der Waals surface area contributed by atoms with E-state index in [9.17, 15) is 10.2 Å². The normalized spacial score (nSPS) is 14.4. The van der Waals surface area contributed by atoms with Gasteiger partial charge in [0.25, 0.3) is 0 Å². The Morgan fingerprint density at radius 1 is 0.487 bits per heavy atom. The fourth-order valence-electron chi connectivity index (χ4n) is 4.86. The third-order valence-corrected chi connectivity index (χ3v) is 6.75. The molecule has 0 saturated heterocycles. The molecule has 0 saturated carbocycles. The monoisotopic (exact) mass is 582 g/mol. The molecule has 0 aliphatic carbocycles. The molecule has 0 aliphatic rings. The molecule has 2 rings (SSSR count). The molecule has 2 aromatic carbocycles. The van der Waals surface area contributed by atoms with Gasteiger partial charge in [0.2, 0.25) is 0 Å². The van der Waals surface area contributed by atoms with E-state index in [2.05, 4.69) is 106 Å². The molecule has 0 aliphatic heterocycles. The molecule has 0 heterocycles. The second-order valence-electron chi connectivity index (χ2n) is 12.3. The molecule has 0 spiro atoms. The Morgan fingerprint density at radius 3 is 0.897 bits per heavy atom. The van der Waals surface area contributed by atoms with Gasteiger partial charge in [-0.15, -0.1) is 23.5 Å². The summed E-state index contributed by atoms with van der Waals surface area (Å²) in [4.78, 5) is 0. The van der Waals surface area contributed by atoms with Gasteiger partial charge >= 0.3 is 16.5 Å². The van der Waals surface area contributed by atoms with Crippen LogP contribution in [0.1, 0.15) is 142 Å². The number of aliphatic hydroxyl groups excluding tert-OH is 2. The predicted molar refractivity (Wildman–Crippen MR) is 167 cm³/mol. The molecule has 0 bridgehead atoms. The Morgan fingerprint density at radius 2 is 0.718 bits per heavy atom. The second-order valence-corrected chi connectivity index (χ2v) is 12.3. The molecule has 0 radical (unpaired) electrons. The summed E-state index contributed by atoms with van der Waals surface area (Å²) in [6.45, 7) is 25.5. The van der Waals surface area contributed by atoms with Crippen molar-refractivity contribution >= 4 is 11.4 Å². The molecule has 39 heavy (non-hydrogen) atoms. The standard InChI is InChI=1S/2C17H28NO.Ni/c2*1-11(2)15-8-7-9-16(12(3)4)17(15)18-13(5)10-14(6)19;/h2*7-9,11-14,19H,10H2,1-6H3;/q2*-1;+2. The van der Waals surface area contributed by atoms with E-state index in [1.807, 2.05) is 13.8 Å². The van der Waals surface area contributed by atoms with Crippen molar-refractivity contribution in [1.29, 1.82) is 0 Å². The Hall–Kier alpha value is -1.55. The minimum Gasteiger partial charge on any atom is -0.681 e. The third kappa shape index (κ3) is 12.7. The molecule has 4 nitrogen and oxygen atoms in total. The van der Waals surface area contributed by atoms with Gasteiger partial charge < -0.3 is 20.8 Å². The first kappa shape index (κ1) is 37.5. The van der Waals surface area contributed by atoms with Gasteiger partial charge in [-0.2, -0.15) is 0 Å². The van der Waals surface area contributed by atoms with Crippen molar-refractivity contribution in [3.05, 3.63) is 69.3 Å². The van der Waals surface area contributed by atoms with Crippen molar-refractivity contribution in [2.45, 2.75) is 144 Å². The van der Waals surface area contributed by atoms with E-state index in [0.29, 0.717) is 36.5 Å². The summed E-state index contributed by atoms with van der Waals surface area (Å²) in [6.07, 6.45) is 0.827. The van der Waals surface area contributed by atoms with Crippen LogP contribution >= 0.6 is 0 Å². The van der Waals surface area contributed by atoms with Gasteiger partial charge in [0.15, 0.2) is 0 Å². The molecule has 0 amide bonds. The number of hydrogen-bond acceptors (Lipinski definition) is 2. The largest absolute Gasteiger partial charge is 2.00 e. The molecule has 0 fully saturated rings. The number of benzene rings is 2. The van der Waals surface area contributed by atoms with Gasteiger partial charge in [0.1, 0.15) is 0 Å². The van der Waals surface area contributed by atoms with Crippen LogP contribution < -0.4 is 0 Å². The third-order valence-electron chi connectivity index (χ3n) is 6.75. The van der Waals surface area contributed by atoms with E-state index >= 15 is 0 Å². The van der Waals surface area contributed by atoms with Crippen molar-refractivity contribution in [3.8, 4) is 0 Å². The number of nitrogens with zero attached hydrogens (tertiary/aromatic N) is 2. The van der Waals surface area contributed by atoms with Crippen molar-refractivity contribution < 1.29 is 26.7 Å². The summed E-state index contributed by atoms with van der Waals surface area (Å²) in [5, 5.41) is 28.8. The van der Waals surface area contributed by atoms with Crippen LogP contribution in [-0.4, -0.2) is 34.5 Å².